The first-order valence-corrected chi connectivity index (χ1v) is 6.79. The predicted molar refractivity (Wildman–Crippen MR) is 71.7 cm³/mol. The first-order valence-electron chi connectivity index (χ1n) is 6.79. The van der Waals surface area contributed by atoms with Crippen LogP contribution in [0.5, 0.6) is 0 Å². The molecule has 1 spiro atoms. The number of piperidine rings is 1. The maximum atomic E-state index is 11.9. The van der Waals surface area contributed by atoms with Crippen molar-refractivity contribution in [2.45, 2.75) is 19.3 Å². The Hall–Kier alpha value is -2.03. The van der Waals surface area contributed by atoms with Crippen LogP contribution in [-0.2, 0) is 9.59 Å². The van der Waals surface area contributed by atoms with Crippen LogP contribution in [0, 0.1) is 10.6 Å². The van der Waals surface area contributed by atoms with Crippen LogP contribution in [0.3, 0.4) is 0 Å². The van der Waals surface area contributed by atoms with Gasteiger partial charge in [0.25, 0.3) is 0 Å². The molecule has 0 saturated carbocycles. The fourth-order valence-corrected chi connectivity index (χ4v) is 2.96. The van der Waals surface area contributed by atoms with Gasteiger partial charge in [-0.1, -0.05) is 0 Å². The molecule has 0 radical (unpaired) electrons. The van der Waals surface area contributed by atoms with Crippen LogP contribution in [0.4, 0.5) is 11.5 Å². The Bertz CT molecular complexity index is 564. The molecule has 3 rings (SSSR count). The third kappa shape index (κ3) is 2.48. The summed E-state index contributed by atoms with van der Waals surface area (Å²) in [4.78, 5) is 29.4. The molecular formula is C13H16N4O4. The Balaban J connectivity index is 1.68. The average molecular weight is 292 g/mol. The predicted octanol–water partition coefficient (Wildman–Crippen LogP) is -0.882. The van der Waals surface area contributed by atoms with Gasteiger partial charge in [0.15, 0.2) is 5.69 Å². The van der Waals surface area contributed by atoms with E-state index in [2.05, 4.69) is 10.3 Å². The summed E-state index contributed by atoms with van der Waals surface area (Å²) >= 11 is 0. The van der Waals surface area contributed by atoms with Crippen molar-refractivity contribution in [1.29, 1.82) is 0 Å². The number of amides is 2. The van der Waals surface area contributed by atoms with Gasteiger partial charge in [-0.15, -0.1) is 0 Å². The van der Waals surface area contributed by atoms with Crippen LogP contribution in [0.25, 0.3) is 0 Å². The lowest BCUT2D eigenvalue weighted by Crippen LogP contribution is -2.99. The van der Waals surface area contributed by atoms with Crippen molar-refractivity contribution in [3.8, 4) is 0 Å². The molecule has 0 aliphatic carbocycles. The van der Waals surface area contributed by atoms with Gasteiger partial charge in [0, 0.05) is 25.6 Å². The van der Waals surface area contributed by atoms with Gasteiger partial charge in [0.2, 0.25) is 11.8 Å². The van der Waals surface area contributed by atoms with Gasteiger partial charge in [0.1, 0.15) is 5.82 Å². The number of hydrogen-bond acceptors (Lipinski definition) is 6. The molecule has 0 aromatic carbocycles. The highest BCUT2D eigenvalue weighted by molar-refractivity contribution is 6.06. The lowest BCUT2D eigenvalue weighted by atomic mass is 9.77. The van der Waals surface area contributed by atoms with E-state index >= 15 is 0 Å². The molecule has 1 aromatic heterocycles. The molecule has 112 valence electrons. The van der Waals surface area contributed by atoms with E-state index in [0.717, 1.165) is 0 Å². The molecule has 8 nitrogen and oxygen atoms in total. The second kappa shape index (κ2) is 5.06. The van der Waals surface area contributed by atoms with Crippen molar-refractivity contribution in [3.63, 3.8) is 0 Å². The SMILES string of the molecule is O=C1CC2(CCN(c3ccc([NH+]([O-])O)cn3)CC2)C(=O)N1. The van der Waals surface area contributed by atoms with Gasteiger partial charge in [-0.2, -0.15) is 5.23 Å². The molecule has 2 aliphatic heterocycles. The zero-order valence-corrected chi connectivity index (χ0v) is 11.3. The Morgan fingerprint density at radius 3 is 2.52 bits per heavy atom. The van der Waals surface area contributed by atoms with Gasteiger partial charge in [-0.25, -0.2) is 10.2 Å². The van der Waals surface area contributed by atoms with E-state index in [0.29, 0.717) is 31.7 Å². The van der Waals surface area contributed by atoms with Crippen LogP contribution in [0.2, 0.25) is 0 Å². The number of carbonyl (C=O) groups is 2. The van der Waals surface area contributed by atoms with Crippen molar-refractivity contribution in [1.82, 2.24) is 10.3 Å². The van der Waals surface area contributed by atoms with Gasteiger partial charge < -0.3 is 10.1 Å². The Morgan fingerprint density at radius 1 is 1.33 bits per heavy atom. The largest absolute Gasteiger partial charge is 0.595 e. The quantitative estimate of drug-likeness (QED) is 0.482. The molecule has 2 saturated heterocycles. The molecule has 0 bridgehead atoms. The lowest BCUT2D eigenvalue weighted by Gasteiger charge is -2.37. The normalized spacial score (nSPS) is 22.5. The van der Waals surface area contributed by atoms with E-state index in [-0.39, 0.29) is 23.9 Å². The van der Waals surface area contributed by atoms with Gasteiger partial charge in [-0.3, -0.25) is 14.9 Å². The molecule has 8 heteroatoms. The molecule has 2 aliphatic rings. The molecule has 1 aromatic rings. The van der Waals surface area contributed by atoms with Crippen LogP contribution in [-0.4, -0.2) is 35.1 Å². The molecule has 1 unspecified atom stereocenters. The number of aromatic nitrogens is 1. The maximum Gasteiger partial charge on any atom is 0.233 e. The zero-order valence-electron chi connectivity index (χ0n) is 11.3. The summed E-state index contributed by atoms with van der Waals surface area (Å²) < 4.78 is 0. The monoisotopic (exact) mass is 292 g/mol. The lowest BCUT2D eigenvalue weighted by molar-refractivity contribution is -0.991. The first-order chi connectivity index (χ1) is 10.00. The zero-order chi connectivity index (χ0) is 15.0. The average Bonchev–Trinajstić information content (AvgIpc) is 2.74. The molecular weight excluding hydrogens is 276 g/mol. The maximum absolute atomic E-state index is 11.9. The molecule has 2 fully saturated rings. The van der Waals surface area contributed by atoms with Crippen LogP contribution in [0.15, 0.2) is 18.3 Å². The number of hydrogen-bond donors (Lipinski definition) is 3. The van der Waals surface area contributed by atoms with Crippen molar-refractivity contribution < 1.29 is 20.0 Å². The minimum absolute atomic E-state index is 0.146. The number of quaternary nitrogens is 1. The molecule has 3 N–H and O–H groups in total. The fourth-order valence-electron chi connectivity index (χ4n) is 2.96. The van der Waals surface area contributed by atoms with Gasteiger partial charge >= 0.3 is 0 Å². The summed E-state index contributed by atoms with van der Waals surface area (Å²) in [6.07, 6.45) is 2.80. The molecule has 21 heavy (non-hydrogen) atoms. The van der Waals surface area contributed by atoms with Crippen molar-refractivity contribution >= 4 is 23.3 Å². The van der Waals surface area contributed by atoms with E-state index in [1.807, 2.05) is 4.90 Å². The fraction of sp³-hybridized carbons (Fsp3) is 0.462. The minimum atomic E-state index is -1.01. The summed E-state index contributed by atoms with van der Waals surface area (Å²) in [7, 11) is 0. The van der Waals surface area contributed by atoms with Crippen molar-refractivity contribution in [3.05, 3.63) is 23.5 Å². The Morgan fingerprint density at radius 2 is 2.05 bits per heavy atom. The number of anilines is 1. The number of imide groups is 1. The van der Waals surface area contributed by atoms with E-state index in [1.165, 1.54) is 12.3 Å². The van der Waals surface area contributed by atoms with E-state index in [9.17, 15) is 14.8 Å². The third-order valence-corrected chi connectivity index (χ3v) is 4.27. The van der Waals surface area contributed by atoms with E-state index < -0.39 is 10.6 Å². The highest BCUT2D eigenvalue weighted by Crippen LogP contribution is 2.39. The first kappa shape index (κ1) is 13.9. The van der Waals surface area contributed by atoms with Gasteiger partial charge in [0.05, 0.1) is 11.6 Å². The highest BCUT2D eigenvalue weighted by atomic mass is 16.8. The van der Waals surface area contributed by atoms with Crippen molar-refractivity contribution in [2.24, 2.45) is 5.41 Å². The number of rotatable bonds is 2. The number of nitrogens with one attached hydrogen (secondary N) is 2. The molecule has 3 heterocycles. The molecule has 1 atom stereocenters. The summed E-state index contributed by atoms with van der Waals surface area (Å²) in [5, 5.41) is 21.0. The minimum Gasteiger partial charge on any atom is -0.595 e. The van der Waals surface area contributed by atoms with E-state index in [4.69, 9.17) is 5.21 Å². The van der Waals surface area contributed by atoms with Crippen LogP contribution in [0.1, 0.15) is 19.3 Å². The Kier molecular flexibility index (Phi) is 3.36. The third-order valence-electron chi connectivity index (χ3n) is 4.27. The number of pyridine rings is 1. The summed E-state index contributed by atoms with van der Waals surface area (Å²) in [5.41, 5.74) is -0.415. The number of carbonyl (C=O) groups excluding carboxylic acids is 2. The standard InChI is InChI=1S/C13H16N4O4/c18-11-7-13(12(19)15-11)3-5-16(6-4-13)10-2-1-9(8-14-10)17(20)21/h1-2,8,17,20H,3-7H2,(H,15,18,19). The topological polar surface area (TPSA) is 110 Å². The van der Waals surface area contributed by atoms with Crippen molar-refractivity contribution in [2.75, 3.05) is 18.0 Å². The van der Waals surface area contributed by atoms with E-state index in [1.54, 1.807) is 6.07 Å². The Labute approximate surface area is 120 Å². The molecule has 2 amide bonds. The second-order valence-corrected chi connectivity index (χ2v) is 5.53. The number of nitrogens with zero attached hydrogens (tertiary/aromatic N) is 2. The second-order valence-electron chi connectivity index (χ2n) is 5.53. The highest BCUT2D eigenvalue weighted by Gasteiger charge is 2.48. The van der Waals surface area contributed by atoms with Crippen LogP contribution >= 0.6 is 0 Å². The smallest absolute Gasteiger partial charge is 0.233 e. The van der Waals surface area contributed by atoms with Gasteiger partial charge in [-0.05, 0) is 18.9 Å². The summed E-state index contributed by atoms with van der Waals surface area (Å²) in [5.74, 6) is 0.332. The summed E-state index contributed by atoms with van der Waals surface area (Å²) in [6.45, 7) is 1.25. The van der Waals surface area contributed by atoms with Crippen LogP contribution < -0.4 is 15.4 Å². The summed E-state index contributed by atoms with van der Waals surface area (Å²) in [6, 6.07) is 3.18.